The molecule has 0 aliphatic carbocycles. The molecule has 0 atom stereocenters. The van der Waals surface area contributed by atoms with Crippen molar-refractivity contribution in [3.05, 3.63) is 52.5 Å². The number of alkyl halides is 1. The molecule has 0 radical (unpaired) electrons. The van der Waals surface area contributed by atoms with Crippen LogP contribution in [0.25, 0.3) is 17.1 Å². The number of aliphatic hydroxyl groups excluding tert-OH is 1. The maximum absolute atomic E-state index is 11.4. The van der Waals surface area contributed by atoms with Crippen LogP contribution in [-0.2, 0) is 4.79 Å². The van der Waals surface area contributed by atoms with E-state index < -0.39 is 0 Å². The summed E-state index contributed by atoms with van der Waals surface area (Å²) in [4.78, 5) is 15.8. The Morgan fingerprint density at radius 1 is 1.14 bits per heavy atom. The van der Waals surface area contributed by atoms with E-state index in [1.54, 1.807) is 47.1 Å². The SMILES string of the molecule is O=C(CCl)Nc1ccc(-n2nc(OCCO)nc2-c2ccc(Cl)c(Cl)c2)cc1. The summed E-state index contributed by atoms with van der Waals surface area (Å²) in [7, 11) is 0. The first kappa shape index (κ1) is 20.4. The van der Waals surface area contributed by atoms with Crippen LogP contribution in [0.5, 0.6) is 6.01 Å². The number of rotatable bonds is 7. The molecule has 10 heteroatoms. The van der Waals surface area contributed by atoms with Crippen molar-refractivity contribution in [2.75, 3.05) is 24.4 Å². The number of anilines is 1. The third-order valence-corrected chi connectivity index (χ3v) is 4.59. The summed E-state index contributed by atoms with van der Waals surface area (Å²) in [5, 5.41) is 16.8. The van der Waals surface area contributed by atoms with E-state index in [4.69, 9.17) is 44.6 Å². The van der Waals surface area contributed by atoms with Gasteiger partial charge in [-0.25, -0.2) is 4.68 Å². The van der Waals surface area contributed by atoms with Crippen molar-refractivity contribution in [3.8, 4) is 23.1 Å². The lowest BCUT2D eigenvalue weighted by Gasteiger charge is -2.08. The lowest BCUT2D eigenvalue weighted by molar-refractivity contribution is -0.113. The number of hydrogen-bond donors (Lipinski definition) is 2. The topological polar surface area (TPSA) is 89.3 Å². The molecule has 3 rings (SSSR count). The Morgan fingerprint density at radius 3 is 2.54 bits per heavy atom. The summed E-state index contributed by atoms with van der Waals surface area (Å²) in [6, 6.07) is 12.2. The van der Waals surface area contributed by atoms with Crippen LogP contribution in [0, 0.1) is 0 Å². The van der Waals surface area contributed by atoms with Gasteiger partial charge in [0.1, 0.15) is 12.5 Å². The number of carbonyl (C=O) groups is 1. The molecule has 2 N–H and O–H groups in total. The van der Waals surface area contributed by atoms with Gasteiger partial charge in [-0.3, -0.25) is 4.79 Å². The molecule has 146 valence electrons. The van der Waals surface area contributed by atoms with Gasteiger partial charge in [0.25, 0.3) is 0 Å². The Labute approximate surface area is 175 Å². The van der Waals surface area contributed by atoms with Gasteiger partial charge < -0.3 is 15.2 Å². The second kappa shape index (κ2) is 9.25. The van der Waals surface area contributed by atoms with Crippen molar-refractivity contribution >= 4 is 46.4 Å². The highest BCUT2D eigenvalue weighted by Crippen LogP contribution is 2.30. The van der Waals surface area contributed by atoms with Crippen molar-refractivity contribution in [2.24, 2.45) is 0 Å². The average Bonchev–Trinajstić information content (AvgIpc) is 3.13. The van der Waals surface area contributed by atoms with Gasteiger partial charge in [0.05, 0.1) is 22.3 Å². The molecule has 0 aliphatic heterocycles. The molecule has 2 aromatic carbocycles. The Bertz CT molecular complexity index is 977. The molecule has 0 saturated heterocycles. The molecular weight excluding hydrogens is 427 g/mol. The molecule has 1 heterocycles. The molecule has 28 heavy (non-hydrogen) atoms. The Balaban J connectivity index is 1.99. The average molecular weight is 442 g/mol. The minimum Gasteiger partial charge on any atom is -0.460 e. The summed E-state index contributed by atoms with van der Waals surface area (Å²) < 4.78 is 6.91. The van der Waals surface area contributed by atoms with Gasteiger partial charge in [-0.15, -0.1) is 16.7 Å². The van der Waals surface area contributed by atoms with E-state index in [9.17, 15) is 4.79 Å². The van der Waals surface area contributed by atoms with E-state index in [0.717, 1.165) is 0 Å². The van der Waals surface area contributed by atoms with Gasteiger partial charge in [0.15, 0.2) is 5.82 Å². The zero-order valence-corrected chi connectivity index (χ0v) is 16.7. The largest absolute Gasteiger partial charge is 0.460 e. The van der Waals surface area contributed by atoms with Crippen LogP contribution in [0.4, 0.5) is 5.69 Å². The highest BCUT2D eigenvalue weighted by Gasteiger charge is 2.16. The van der Waals surface area contributed by atoms with E-state index in [1.165, 1.54) is 0 Å². The molecule has 7 nitrogen and oxygen atoms in total. The number of nitrogens with zero attached hydrogens (tertiary/aromatic N) is 3. The minimum atomic E-state index is -0.300. The second-order valence-electron chi connectivity index (χ2n) is 5.56. The molecule has 0 bridgehead atoms. The molecule has 0 aliphatic rings. The van der Waals surface area contributed by atoms with Gasteiger partial charge in [-0.2, -0.15) is 4.98 Å². The highest BCUT2D eigenvalue weighted by atomic mass is 35.5. The Hall–Kier alpha value is -2.32. The van der Waals surface area contributed by atoms with Crippen LogP contribution < -0.4 is 10.1 Å². The number of carbonyl (C=O) groups excluding carboxylic acids is 1. The molecule has 0 fully saturated rings. The molecule has 0 saturated carbocycles. The minimum absolute atomic E-state index is 0.0637. The Morgan fingerprint density at radius 2 is 1.89 bits per heavy atom. The summed E-state index contributed by atoms with van der Waals surface area (Å²) in [6.07, 6.45) is 0. The van der Waals surface area contributed by atoms with Crippen molar-refractivity contribution < 1.29 is 14.6 Å². The number of aromatic nitrogens is 3. The second-order valence-corrected chi connectivity index (χ2v) is 6.64. The van der Waals surface area contributed by atoms with Crippen LogP contribution in [0.2, 0.25) is 10.0 Å². The zero-order valence-electron chi connectivity index (χ0n) is 14.4. The maximum atomic E-state index is 11.4. The van der Waals surface area contributed by atoms with Crippen molar-refractivity contribution in [2.45, 2.75) is 0 Å². The van der Waals surface area contributed by atoms with Crippen LogP contribution in [0.15, 0.2) is 42.5 Å². The third-order valence-electron chi connectivity index (χ3n) is 3.60. The summed E-state index contributed by atoms with van der Waals surface area (Å²) in [6.45, 7) is -0.0974. The fraction of sp³-hybridized carbons (Fsp3) is 0.167. The summed E-state index contributed by atoms with van der Waals surface area (Å²) in [5.74, 6) is 0.0492. The highest BCUT2D eigenvalue weighted by molar-refractivity contribution is 6.42. The molecule has 0 spiro atoms. The van der Waals surface area contributed by atoms with Crippen LogP contribution >= 0.6 is 34.8 Å². The first-order chi connectivity index (χ1) is 13.5. The predicted molar refractivity (Wildman–Crippen MR) is 109 cm³/mol. The number of hydrogen-bond acceptors (Lipinski definition) is 5. The molecule has 1 aromatic heterocycles. The lowest BCUT2D eigenvalue weighted by Crippen LogP contribution is -2.12. The number of benzene rings is 2. The van der Waals surface area contributed by atoms with Gasteiger partial charge in [0.2, 0.25) is 5.91 Å². The normalized spacial score (nSPS) is 10.7. The fourth-order valence-electron chi connectivity index (χ4n) is 2.37. The van der Waals surface area contributed by atoms with Crippen molar-refractivity contribution in [3.63, 3.8) is 0 Å². The maximum Gasteiger partial charge on any atom is 0.336 e. The first-order valence-electron chi connectivity index (χ1n) is 8.14. The van der Waals surface area contributed by atoms with Crippen LogP contribution in [0.3, 0.4) is 0 Å². The van der Waals surface area contributed by atoms with E-state index in [0.29, 0.717) is 32.8 Å². The fourth-order valence-corrected chi connectivity index (χ4v) is 2.74. The predicted octanol–water partition coefficient (Wildman–Crippen LogP) is 3.79. The number of amides is 1. The standard InChI is InChI=1S/C18H15Cl3N4O3/c19-10-16(27)22-12-2-4-13(5-3-12)25-17(23-18(24-25)28-8-7-26)11-1-6-14(20)15(21)9-11/h1-6,9,26H,7-8,10H2,(H,22,27). The van der Waals surface area contributed by atoms with Crippen LogP contribution in [-0.4, -0.2) is 44.9 Å². The van der Waals surface area contributed by atoms with Gasteiger partial charge in [-0.05, 0) is 42.5 Å². The molecular formula is C18H15Cl3N4O3. The molecule has 0 unspecified atom stereocenters. The van der Waals surface area contributed by atoms with Crippen LogP contribution in [0.1, 0.15) is 0 Å². The van der Waals surface area contributed by atoms with Gasteiger partial charge in [-0.1, -0.05) is 23.2 Å². The van der Waals surface area contributed by atoms with Gasteiger partial charge in [0, 0.05) is 11.3 Å². The number of aliphatic hydroxyl groups is 1. The molecule has 1 amide bonds. The first-order valence-corrected chi connectivity index (χ1v) is 9.43. The van der Waals surface area contributed by atoms with Crippen molar-refractivity contribution in [1.82, 2.24) is 14.8 Å². The number of nitrogens with one attached hydrogen (secondary N) is 1. The number of halogens is 3. The van der Waals surface area contributed by atoms with E-state index in [1.807, 2.05) is 0 Å². The lowest BCUT2D eigenvalue weighted by atomic mass is 10.2. The Kier molecular flexibility index (Phi) is 6.74. The van der Waals surface area contributed by atoms with E-state index in [2.05, 4.69) is 15.4 Å². The quantitative estimate of drug-likeness (QED) is 0.545. The smallest absolute Gasteiger partial charge is 0.336 e. The summed E-state index contributed by atoms with van der Waals surface area (Å²) >= 11 is 17.6. The van der Waals surface area contributed by atoms with Crippen molar-refractivity contribution in [1.29, 1.82) is 0 Å². The zero-order chi connectivity index (χ0) is 20.1. The summed E-state index contributed by atoms with van der Waals surface area (Å²) in [5.41, 5.74) is 1.96. The number of ether oxygens (including phenoxy) is 1. The monoisotopic (exact) mass is 440 g/mol. The van der Waals surface area contributed by atoms with E-state index >= 15 is 0 Å². The molecule has 3 aromatic rings. The van der Waals surface area contributed by atoms with E-state index in [-0.39, 0.29) is 31.0 Å². The third kappa shape index (κ3) is 4.74. The van der Waals surface area contributed by atoms with Gasteiger partial charge >= 0.3 is 6.01 Å².